The predicted octanol–water partition coefficient (Wildman–Crippen LogP) is 1.13. The molecule has 0 saturated heterocycles. The summed E-state index contributed by atoms with van der Waals surface area (Å²) in [5, 5.41) is 15.4. The van der Waals surface area contributed by atoms with Gasteiger partial charge in [0.15, 0.2) is 0 Å². The molecule has 3 nitrogen and oxygen atoms in total. The number of aliphatic hydroxyl groups excluding tert-OH is 1. The average molecular weight is 202 g/mol. The van der Waals surface area contributed by atoms with Gasteiger partial charge in [0.1, 0.15) is 0 Å². The molecule has 3 N–H and O–H groups in total. The van der Waals surface area contributed by atoms with Crippen LogP contribution in [0.3, 0.4) is 0 Å². The number of rotatable bonds is 10. The van der Waals surface area contributed by atoms with Crippen LogP contribution in [0.2, 0.25) is 0 Å². The molecule has 3 heteroatoms. The summed E-state index contributed by atoms with van der Waals surface area (Å²) in [6.07, 6.45) is 4.42. The quantitative estimate of drug-likeness (QED) is 0.465. The fourth-order valence-electron chi connectivity index (χ4n) is 1.33. The van der Waals surface area contributed by atoms with E-state index in [0.717, 1.165) is 32.5 Å². The Morgan fingerprint density at radius 1 is 1.14 bits per heavy atom. The van der Waals surface area contributed by atoms with Crippen LogP contribution < -0.4 is 10.6 Å². The zero-order valence-corrected chi connectivity index (χ0v) is 9.68. The maximum Gasteiger partial charge on any atom is 0.0431 e. The molecule has 14 heavy (non-hydrogen) atoms. The first-order valence-electron chi connectivity index (χ1n) is 5.86. The number of aliphatic hydroxyl groups is 1. The molecule has 0 aliphatic carbocycles. The zero-order valence-electron chi connectivity index (χ0n) is 9.68. The minimum atomic E-state index is 0.327. The smallest absolute Gasteiger partial charge is 0.0431 e. The second-order valence-electron chi connectivity index (χ2n) is 3.84. The lowest BCUT2D eigenvalue weighted by molar-refractivity contribution is 0.282. The highest BCUT2D eigenvalue weighted by Crippen LogP contribution is 1.92. The van der Waals surface area contributed by atoms with E-state index >= 15 is 0 Å². The van der Waals surface area contributed by atoms with Crippen molar-refractivity contribution in [2.24, 2.45) is 0 Å². The summed E-state index contributed by atoms with van der Waals surface area (Å²) in [6, 6.07) is 0.552. The summed E-state index contributed by atoms with van der Waals surface area (Å²) in [5.41, 5.74) is 0. The Morgan fingerprint density at radius 2 is 1.93 bits per heavy atom. The van der Waals surface area contributed by atoms with E-state index < -0.39 is 0 Å². The van der Waals surface area contributed by atoms with Crippen molar-refractivity contribution in [3.05, 3.63) is 0 Å². The van der Waals surface area contributed by atoms with Gasteiger partial charge in [0, 0.05) is 19.2 Å². The van der Waals surface area contributed by atoms with Crippen molar-refractivity contribution in [2.75, 3.05) is 26.2 Å². The topological polar surface area (TPSA) is 44.3 Å². The molecule has 0 aliphatic heterocycles. The Labute approximate surface area is 88.3 Å². The minimum Gasteiger partial charge on any atom is -0.396 e. The van der Waals surface area contributed by atoms with E-state index in [9.17, 15) is 0 Å². The summed E-state index contributed by atoms with van der Waals surface area (Å²) in [7, 11) is 0. The Kier molecular flexibility index (Phi) is 10.9. The molecule has 0 radical (unpaired) electrons. The van der Waals surface area contributed by atoms with Gasteiger partial charge in [-0.05, 0) is 45.7 Å². The van der Waals surface area contributed by atoms with E-state index in [1.165, 1.54) is 12.8 Å². The van der Waals surface area contributed by atoms with Gasteiger partial charge in [-0.2, -0.15) is 0 Å². The number of nitrogens with one attached hydrogen (secondary N) is 2. The summed E-state index contributed by atoms with van der Waals surface area (Å²) in [6.45, 7) is 7.93. The van der Waals surface area contributed by atoms with Gasteiger partial charge in [0.25, 0.3) is 0 Å². The number of hydrogen-bond acceptors (Lipinski definition) is 3. The van der Waals surface area contributed by atoms with Crippen LogP contribution in [0.5, 0.6) is 0 Å². The molecule has 0 heterocycles. The third-order valence-corrected chi connectivity index (χ3v) is 2.20. The van der Waals surface area contributed by atoms with Crippen LogP contribution >= 0.6 is 0 Å². The maximum atomic E-state index is 8.59. The van der Waals surface area contributed by atoms with E-state index in [1.54, 1.807) is 0 Å². The van der Waals surface area contributed by atoms with Gasteiger partial charge in [-0.25, -0.2) is 0 Å². The lowest BCUT2D eigenvalue weighted by Gasteiger charge is -2.14. The molecule has 0 rings (SSSR count). The highest BCUT2D eigenvalue weighted by molar-refractivity contribution is 4.63. The lowest BCUT2D eigenvalue weighted by Crippen LogP contribution is -2.37. The molecule has 86 valence electrons. The zero-order chi connectivity index (χ0) is 10.6. The standard InChI is InChI=1S/C11H26N2O/c1-3-7-12-10-11(2)13-8-5-4-6-9-14/h11-14H,3-10H2,1-2H3. The Hall–Kier alpha value is -0.120. The molecule has 0 bridgehead atoms. The predicted molar refractivity (Wildman–Crippen MR) is 61.6 cm³/mol. The Balaban J connectivity index is 3.06. The summed E-state index contributed by atoms with van der Waals surface area (Å²) in [4.78, 5) is 0. The molecule has 1 unspecified atom stereocenters. The van der Waals surface area contributed by atoms with E-state index in [1.807, 2.05) is 0 Å². The second-order valence-corrected chi connectivity index (χ2v) is 3.84. The maximum absolute atomic E-state index is 8.59. The molecule has 0 aromatic rings. The molecule has 0 saturated carbocycles. The lowest BCUT2D eigenvalue weighted by atomic mass is 10.2. The molecule has 0 aromatic carbocycles. The van der Waals surface area contributed by atoms with Gasteiger partial charge in [-0.1, -0.05) is 6.92 Å². The minimum absolute atomic E-state index is 0.327. The van der Waals surface area contributed by atoms with Crippen LogP contribution in [0, 0.1) is 0 Å². The van der Waals surface area contributed by atoms with Crippen LogP contribution in [-0.2, 0) is 0 Å². The normalized spacial score (nSPS) is 13.1. The summed E-state index contributed by atoms with van der Waals surface area (Å²) in [5.74, 6) is 0. The molecule has 0 aromatic heterocycles. The van der Waals surface area contributed by atoms with Gasteiger partial charge >= 0.3 is 0 Å². The van der Waals surface area contributed by atoms with Gasteiger partial charge in [-0.3, -0.25) is 0 Å². The van der Waals surface area contributed by atoms with Crippen molar-refractivity contribution in [1.29, 1.82) is 0 Å². The van der Waals surface area contributed by atoms with Crippen molar-refractivity contribution in [3.63, 3.8) is 0 Å². The van der Waals surface area contributed by atoms with E-state index in [2.05, 4.69) is 24.5 Å². The first-order chi connectivity index (χ1) is 6.81. The molecule has 0 amide bonds. The molecular formula is C11H26N2O. The molecule has 1 atom stereocenters. The summed E-state index contributed by atoms with van der Waals surface area (Å²) < 4.78 is 0. The van der Waals surface area contributed by atoms with Gasteiger partial charge in [-0.15, -0.1) is 0 Å². The highest BCUT2D eigenvalue weighted by Gasteiger charge is 1.98. The van der Waals surface area contributed by atoms with Crippen LogP contribution in [0.4, 0.5) is 0 Å². The molecule has 0 spiro atoms. The Bertz CT molecular complexity index is 109. The Morgan fingerprint density at radius 3 is 2.57 bits per heavy atom. The van der Waals surface area contributed by atoms with Crippen LogP contribution in [0.25, 0.3) is 0 Å². The van der Waals surface area contributed by atoms with Crippen LogP contribution in [0.1, 0.15) is 39.5 Å². The second kappa shape index (κ2) is 11.0. The first kappa shape index (κ1) is 13.9. The molecule has 0 fully saturated rings. The molecule has 0 aliphatic rings. The van der Waals surface area contributed by atoms with Crippen molar-refractivity contribution in [1.82, 2.24) is 10.6 Å². The van der Waals surface area contributed by atoms with Crippen molar-refractivity contribution >= 4 is 0 Å². The van der Waals surface area contributed by atoms with Gasteiger partial charge in [0.05, 0.1) is 0 Å². The summed E-state index contributed by atoms with van der Waals surface area (Å²) >= 11 is 0. The third kappa shape index (κ3) is 9.96. The van der Waals surface area contributed by atoms with Crippen molar-refractivity contribution in [3.8, 4) is 0 Å². The van der Waals surface area contributed by atoms with Crippen molar-refractivity contribution < 1.29 is 5.11 Å². The van der Waals surface area contributed by atoms with E-state index in [0.29, 0.717) is 12.6 Å². The monoisotopic (exact) mass is 202 g/mol. The van der Waals surface area contributed by atoms with Gasteiger partial charge in [0.2, 0.25) is 0 Å². The third-order valence-electron chi connectivity index (χ3n) is 2.20. The van der Waals surface area contributed by atoms with E-state index in [4.69, 9.17) is 5.11 Å². The van der Waals surface area contributed by atoms with Crippen LogP contribution in [0.15, 0.2) is 0 Å². The first-order valence-corrected chi connectivity index (χ1v) is 5.86. The fourth-order valence-corrected chi connectivity index (χ4v) is 1.33. The fraction of sp³-hybridized carbons (Fsp3) is 1.00. The van der Waals surface area contributed by atoms with Gasteiger partial charge < -0.3 is 15.7 Å². The largest absolute Gasteiger partial charge is 0.396 e. The highest BCUT2D eigenvalue weighted by atomic mass is 16.2. The SMILES string of the molecule is CCCNCC(C)NCCCCCO. The molecular weight excluding hydrogens is 176 g/mol. The van der Waals surface area contributed by atoms with Crippen molar-refractivity contribution in [2.45, 2.75) is 45.6 Å². The number of hydrogen-bond donors (Lipinski definition) is 3. The van der Waals surface area contributed by atoms with Crippen LogP contribution in [-0.4, -0.2) is 37.4 Å². The number of unbranched alkanes of at least 4 members (excludes halogenated alkanes) is 2. The van der Waals surface area contributed by atoms with E-state index in [-0.39, 0.29) is 0 Å². The average Bonchev–Trinajstić information content (AvgIpc) is 2.18.